The van der Waals surface area contributed by atoms with Crippen molar-refractivity contribution in [3.8, 4) is 11.5 Å². The topological polar surface area (TPSA) is 89.7 Å². The third kappa shape index (κ3) is 4.29. The van der Waals surface area contributed by atoms with Crippen molar-refractivity contribution in [2.75, 3.05) is 30.4 Å². The Morgan fingerprint density at radius 2 is 1.83 bits per heavy atom. The van der Waals surface area contributed by atoms with Gasteiger partial charge in [-0.25, -0.2) is 4.98 Å². The van der Waals surface area contributed by atoms with E-state index < -0.39 is 0 Å². The molecule has 7 heteroatoms. The van der Waals surface area contributed by atoms with Crippen LogP contribution >= 0.6 is 0 Å². The Balaban J connectivity index is 0.000000145. The van der Waals surface area contributed by atoms with Crippen LogP contribution in [-0.4, -0.2) is 46.6 Å². The van der Waals surface area contributed by atoms with Crippen molar-refractivity contribution in [3.05, 3.63) is 60.2 Å². The van der Waals surface area contributed by atoms with Gasteiger partial charge in [0, 0.05) is 37.5 Å². The second kappa shape index (κ2) is 8.60. The number of nitrogens with one attached hydrogen (secondary N) is 3. The van der Waals surface area contributed by atoms with Gasteiger partial charge in [-0.1, -0.05) is 12.1 Å². The smallest absolute Gasteiger partial charge is 0.156 e. The molecule has 3 N–H and O–H groups in total. The van der Waals surface area contributed by atoms with E-state index in [0.29, 0.717) is 0 Å². The summed E-state index contributed by atoms with van der Waals surface area (Å²) < 4.78 is 0. The summed E-state index contributed by atoms with van der Waals surface area (Å²) in [6, 6.07) is 17.6. The molecule has 1 saturated heterocycles. The predicted molar refractivity (Wildman–Crippen MR) is 116 cm³/mol. The highest BCUT2D eigenvalue weighted by molar-refractivity contribution is 5.79. The molecule has 7 nitrogen and oxygen atoms in total. The number of aromatic nitrogens is 4. The number of fused-ring (bicyclic) bond motifs is 1. The van der Waals surface area contributed by atoms with Crippen LogP contribution in [-0.2, 0) is 0 Å². The molecule has 1 aliphatic heterocycles. The molecule has 0 atom stereocenters. The fourth-order valence-corrected chi connectivity index (χ4v) is 3.39. The van der Waals surface area contributed by atoms with E-state index in [2.05, 4.69) is 30.4 Å². The molecule has 0 saturated carbocycles. The van der Waals surface area contributed by atoms with Crippen LogP contribution < -0.4 is 10.2 Å². The average Bonchev–Trinajstić information content (AvgIpc) is 3.54. The number of aldehydes is 1. The summed E-state index contributed by atoms with van der Waals surface area (Å²) in [5.74, 6) is 1.60. The van der Waals surface area contributed by atoms with E-state index in [-0.39, 0.29) is 0 Å². The summed E-state index contributed by atoms with van der Waals surface area (Å²) in [6.07, 6.45) is 3.46. The molecule has 0 unspecified atom stereocenters. The molecule has 0 aliphatic carbocycles. The van der Waals surface area contributed by atoms with Gasteiger partial charge in [0.15, 0.2) is 5.82 Å². The van der Waals surface area contributed by atoms with Crippen LogP contribution in [0.2, 0.25) is 0 Å². The van der Waals surface area contributed by atoms with Crippen LogP contribution in [0.1, 0.15) is 23.2 Å². The lowest BCUT2D eigenvalue weighted by molar-refractivity contribution is 0.112. The molecule has 1 aliphatic rings. The number of benzene rings is 2. The highest BCUT2D eigenvalue weighted by atomic mass is 16.1. The summed E-state index contributed by atoms with van der Waals surface area (Å²) in [5.41, 5.74) is 4.85. The van der Waals surface area contributed by atoms with Crippen molar-refractivity contribution in [2.24, 2.45) is 0 Å². The largest absolute Gasteiger partial charge is 0.372 e. The van der Waals surface area contributed by atoms with Crippen molar-refractivity contribution >= 4 is 28.8 Å². The lowest BCUT2D eigenvalue weighted by Gasteiger charge is -2.17. The number of H-pyrrole nitrogens is 2. The summed E-state index contributed by atoms with van der Waals surface area (Å²) in [5, 5.41) is 9.98. The number of anilines is 2. The standard InChI is InChI=1S/C11H11N5.C11H13NO/c1-12-10-6-9(15-16-10)11-13-7-4-2-3-5-8(7)14-11;13-9-10-3-5-11(6-4-10)12-7-1-2-8-12/h2-6H,1H3,(H,13,14)(H2,12,15,16);3-6,9H,1-2,7-8H2. The second-order valence-corrected chi connectivity index (χ2v) is 6.92. The quantitative estimate of drug-likeness (QED) is 0.458. The molecule has 0 spiro atoms. The van der Waals surface area contributed by atoms with Crippen molar-refractivity contribution in [1.29, 1.82) is 0 Å². The predicted octanol–water partition coefficient (Wildman–Crippen LogP) is 4.09. The summed E-state index contributed by atoms with van der Waals surface area (Å²) in [6.45, 7) is 2.31. The highest BCUT2D eigenvalue weighted by Crippen LogP contribution is 2.21. The zero-order chi connectivity index (χ0) is 20.1. The second-order valence-electron chi connectivity index (χ2n) is 6.92. The minimum atomic E-state index is 0.753. The van der Waals surface area contributed by atoms with Crippen LogP contribution in [0.4, 0.5) is 11.5 Å². The van der Waals surface area contributed by atoms with E-state index in [4.69, 9.17) is 0 Å². The van der Waals surface area contributed by atoms with E-state index in [0.717, 1.165) is 53.3 Å². The van der Waals surface area contributed by atoms with Gasteiger partial charge >= 0.3 is 0 Å². The van der Waals surface area contributed by atoms with Crippen LogP contribution in [0.15, 0.2) is 54.6 Å². The van der Waals surface area contributed by atoms with Gasteiger partial charge in [0.2, 0.25) is 0 Å². The number of rotatable bonds is 4. The van der Waals surface area contributed by atoms with E-state index in [1.165, 1.54) is 18.5 Å². The van der Waals surface area contributed by atoms with Gasteiger partial charge in [-0.15, -0.1) is 0 Å². The van der Waals surface area contributed by atoms with Gasteiger partial charge in [-0.2, -0.15) is 5.10 Å². The maximum Gasteiger partial charge on any atom is 0.156 e. The van der Waals surface area contributed by atoms with Crippen LogP contribution in [0, 0.1) is 0 Å². The molecule has 5 rings (SSSR count). The Labute approximate surface area is 169 Å². The minimum absolute atomic E-state index is 0.753. The number of hydrogen-bond donors (Lipinski definition) is 3. The first-order valence-corrected chi connectivity index (χ1v) is 9.75. The Hall–Kier alpha value is -3.61. The van der Waals surface area contributed by atoms with Crippen molar-refractivity contribution in [3.63, 3.8) is 0 Å². The van der Waals surface area contributed by atoms with Crippen molar-refractivity contribution in [2.45, 2.75) is 12.8 Å². The molecule has 0 amide bonds. The molecule has 29 heavy (non-hydrogen) atoms. The fourth-order valence-electron chi connectivity index (χ4n) is 3.39. The van der Waals surface area contributed by atoms with Crippen LogP contribution in [0.3, 0.4) is 0 Å². The first-order valence-electron chi connectivity index (χ1n) is 9.75. The average molecular weight is 388 g/mol. The molecule has 2 aromatic carbocycles. The van der Waals surface area contributed by atoms with Gasteiger partial charge in [-0.05, 0) is 49.2 Å². The Bertz CT molecular complexity index is 1040. The van der Waals surface area contributed by atoms with Crippen molar-refractivity contribution in [1.82, 2.24) is 20.2 Å². The number of aromatic amines is 2. The Morgan fingerprint density at radius 1 is 1.07 bits per heavy atom. The Kier molecular flexibility index (Phi) is 5.56. The van der Waals surface area contributed by atoms with E-state index >= 15 is 0 Å². The molecule has 148 valence electrons. The molecule has 1 fully saturated rings. The fraction of sp³-hybridized carbons (Fsp3) is 0.227. The van der Waals surface area contributed by atoms with Crippen LogP contribution in [0.25, 0.3) is 22.6 Å². The lowest BCUT2D eigenvalue weighted by Crippen LogP contribution is -2.17. The maximum absolute atomic E-state index is 10.4. The summed E-state index contributed by atoms with van der Waals surface area (Å²) in [7, 11) is 1.83. The number of nitrogens with zero attached hydrogens (tertiary/aromatic N) is 3. The molecular formula is C22H24N6O. The Morgan fingerprint density at radius 3 is 2.48 bits per heavy atom. The highest BCUT2D eigenvalue weighted by Gasteiger charge is 2.11. The van der Waals surface area contributed by atoms with Gasteiger partial charge in [0.05, 0.1) is 11.0 Å². The van der Waals surface area contributed by atoms with E-state index in [1.54, 1.807) is 0 Å². The van der Waals surface area contributed by atoms with Gasteiger partial charge in [0.25, 0.3) is 0 Å². The number of hydrogen-bond acceptors (Lipinski definition) is 5. The number of carbonyl (C=O) groups excluding carboxylic acids is 1. The normalized spacial score (nSPS) is 13.2. The number of carbonyl (C=O) groups is 1. The first kappa shape index (κ1) is 18.7. The maximum atomic E-state index is 10.4. The third-order valence-electron chi connectivity index (χ3n) is 4.98. The number of para-hydroxylation sites is 2. The molecule has 4 aromatic rings. The van der Waals surface area contributed by atoms with Gasteiger partial charge in [0.1, 0.15) is 17.8 Å². The molecule has 2 aromatic heterocycles. The molecule has 0 radical (unpaired) electrons. The monoisotopic (exact) mass is 388 g/mol. The van der Waals surface area contributed by atoms with Crippen molar-refractivity contribution < 1.29 is 4.79 Å². The molecular weight excluding hydrogens is 364 g/mol. The molecule has 0 bridgehead atoms. The zero-order valence-corrected chi connectivity index (χ0v) is 16.4. The van der Waals surface area contributed by atoms with E-state index in [1.807, 2.05) is 61.6 Å². The first-order chi connectivity index (χ1) is 14.3. The number of imidazole rings is 1. The third-order valence-corrected chi connectivity index (χ3v) is 4.98. The lowest BCUT2D eigenvalue weighted by atomic mass is 10.2. The minimum Gasteiger partial charge on any atom is -0.372 e. The SMILES string of the molecule is CNc1cc(-c2nc3ccccc3[nH]2)[nH]n1.O=Cc1ccc(N2CCCC2)cc1. The zero-order valence-electron chi connectivity index (χ0n) is 16.4. The summed E-state index contributed by atoms with van der Waals surface area (Å²) >= 11 is 0. The summed E-state index contributed by atoms with van der Waals surface area (Å²) in [4.78, 5) is 20.5. The van der Waals surface area contributed by atoms with E-state index in [9.17, 15) is 4.79 Å². The van der Waals surface area contributed by atoms with Gasteiger partial charge in [-0.3, -0.25) is 9.89 Å². The van der Waals surface area contributed by atoms with Crippen LogP contribution in [0.5, 0.6) is 0 Å². The molecule has 3 heterocycles. The van der Waals surface area contributed by atoms with Gasteiger partial charge < -0.3 is 15.2 Å².